The standard InChI is InChI=1S/C12H17ClN2O/c1-9-10(6-11(13)7-14-9)2-4-15-5-3-12(16)8-15/h6-7,12,16H,2-5,8H2,1H3/t12-/m0/s1. The van der Waals surface area contributed by atoms with Crippen LogP contribution in [0, 0.1) is 6.92 Å². The Hall–Kier alpha value is -0.640. The molecule has 0 saturated carbocycles. The van der Waals surface area contributed by atoms with E-state index in [1.807, 2.05) is 13.0 Å². The first kappa shape index (κ1) is 11.8. The van der Waals surface area contributed by atoms with Gasteiger partial charge < -0.3 is 10.0 Å². The van der Waals surface area contributed by atoms with Gasteiger partial charge in [0.05, 0.1) is 11.1 Å². The Labute approximate surface area is 101 Å². The summed E-state index contributed by atoms with van der Waals surface area (Å²) in [5.41, 5.74) is 2.25. The van der Waals surface area contributed by atoms with Gasteiger partial charge in [-0.2, -0.15) is 0 Å². The minimum Gasteiger partial charge on any atom is -0.392 e. The molecule has 1 atom stereocenters. The average molecular weight is 241 g/mol. The van der Waals surface area contributed by atoms with Crippen molar-refractivity contribution in [2.24, 2.45) is 0 Å². The van der Waals surface area contributed by atoms with Crippen LogP contribution in [0.3, 0.4) is 0 Å². The molecule has 1 fully saturated rings. The maximum absolute atomic E-state index is 9.42. The van der Waals surface area contributed by atoms with E-state index in [2.05, 4.69) is 9.88 Å². The van der Waals surface area contributed by atoms with E-state index in [1.165, 1.54) is 5.56 Å². The molecule has 2 rings (SSSR count). The van der Waals surface area contributed by atoms with Gasteiger partial charge >= 0.3 is 0 Å². The zero-order valence-electron chi connectivity index (χ0n) is 9.49. The lowest BCUT2D eigenvalue weighted by Crippen LogP contribution is -2.24. The van der Waals surface area contributed by atoms with Gasteiger partial charge in [-0.15, -0.1) is 0 Å². The molecular formula is C12H17ClN2O. The van der Waals surface area contributed by atoms with Crippen LogP contribution in [0.25, 0.3) is 0 Å². The highest BCUT2D eigenvalue weighted by atomic mass is 35.5. The maximum atomic E-state index is 9.42. The number of likely N-dealkylation sites (tertiary alicyclic amines) is 1. The summed E-state index contributed by atoms with van der Waals surface area (Å²) < 4.78 is 0. The third-order valence-corrected chi connectivity index (χ3v) is 3.31. The predicted octanol–water partition coefficient (Wildman–Crippen LogP) is 1.65. The van der Waals surface area contributed by atoms with Crippen molar-refractivity contribution in [1.29, 1.82) is 0 Å². The second-order valence-electron chi connectivity index (χ2n) is 4.39. The van der Waals surface area contributed by atoms with Gasteiger partial charge in [-0.1, -0.05) is 11.6 Å². The summed E-state index contributed by atoms with van der Waals surface area (Å²) in [4.78, 5) is 6.52. The summed E-state index contributed by atoms with van der Waals surface area (Å²) in [7, 11) is 0. The Morgan fingerprint density at radius 2 is 2.44 bits per heavy atom. The summed E-state index contributed by atoms with van der Waals surface area (Å²) >= 11 is 5.92. The lowest BCUT2D eigenvalue weighted by Gasteiger charge is -2.15. The van der Waals surface area contributed by atoms with Crippen LogP contribution in [0.15, 0.2) is 12.3 Å². The van der Waals surface area contributed by atoms with E-state index in [4.69, 9.17) is 11.6 Å². The first-order valence-corrected chi connectivity index (χ1v) is 6.04. The molecule has 0 bridgehead atoms. The van der Waals surface area contributed by atoms with Crippen LogP contribution in [0.4, 0.5) is 0 Å². The highest BCUT2D eigenvalue weighted by molar-refractivity contribution is 6.30. The quantitative estimate of drug-likeness (QED) is 0.873. The molecule has 0 aromatic carbocycles. The molecule has 0 radical (unpaired) electrons. The number of aryl methyl sites for hydroxylation is 1. The van der Waals surface area contributed by atoms with E-state index in [0.29, 0.717) is 5.02 Å². The molecule has 0 aliphatic carbocycles. The Bertz CT molecular complexity index is 370. The molecule has 2 heterocycles. The number of pyridine rings is 1. The number of halogens is 1. The summed E-state index contributed by atoms with van der Waals surface area (Å²) in [5.74, 6) is 0. The van der Waals surface area contributed by atoms with Crippen LogP contribution < -0.4 is 0 Å². The van der Waals surface area contributed by atoms with E-state index in [0.717, 1.165) is 38.2 Å². The third kappa shape index (κ3) is 2.94. The molecule has 1 saturated heterocycles. The number of β-amino-alcohol motifs (C(OH)–C–C–N with tert-alkyl or cyclic N) is 1. The van der Waals surface area contributed by atoms with Gasteiger partial charge in [0, 0.05) is 31.5 Å². The van der Waals surface area contributed by atoms with Crippen molar-refractivity contribution in [2.75, 3.05) is 19.6 Å². The highest BCUT2D eigenvalue weighted by Crippen LogP contribution is 2.15. The third-order valence-electron chi connectivity index (χ3n) is 3.10. The number of aliphatic hydroxyl groups excluding tert-OH is 1. The lowest BCUT2D eigenvalue weighted by atomic mass is 10.1. The molecule has 0 spiro atoms. The molecule has 16 heavy (non-hydrogen) atoms. The molecule has 1 aromatic heterocycles. The summed E-state index contributed by atoms with van der Waals surface area (Å²) in [5, 5.41) is 10.1. The molecule has 1 aliphatic rings. The van der Waals surface area contributed by atoms with Crippen molar-refractivity contribution in [2.45, 2.75) is 25.9 Å². The molecule has 1 aromatic rings. The number of hydrogen-bond acceptors (Lipinski definition) is 3. The fourth-order valence-electron chi connectivity index (χ4n) is 2.10. The molecule has 88 valence electrons. The van der Waals surface area contributed by atoms with Crippen molar-refractivity contribution in [1.82, 2.24) is 9.88 Å². The number of rotatable bonds is 3. The van der Waals surface area contributed by atoms with Gasteiger partial charge in [0.2, 0.25) is 0 Å². The molecule has 3 nitrogen and oxygen atoms in total. The largest absolute Gasteiger partial charge is 0.392 e. The van der Waals surface area contributed by atoms with Crippen LogP contribution in [-0.4, -0.2) is 40.7 Å². The fraction of sp³-hybridized carbons (Fsp3) is 0.583. The van der Waals surface area contributed by atoms with Gasteiger partial charge in [-0.05, 0) is 31.4 Å². The van der Waals surface area contributed by atoms with Crippen LogP contribution in [0.1, 0.15) is 17.7 Å². The Kier molecular flexibility index (Phi) is 3.79. The van der Waals surface area contributed by atoms with Gasteiger partial charge in [-0.25, -0.2) is 0 Å². The van der Waals surface area contributed by atoms with E-state index in [-0.39, 0.29) is 6.10 Å². The van der Waals surface area contributed by atoms with Crippen LogP contribution >= 0.6 is 11.6 Å². The molecule has 0 amide bonds. The van der Waals surface area contributed by atoms with Gasteiger partial charge in [0.25, 0.3) is 0 Å². The lowest BCUT2D eigenvalue weighted by molar-refractivity contribution is 0.177. The van der Waals surface area contributed by atoms with Crippen molar-refractivity contribution in [3.05, 3.63) is 28.5 Å². The number of aliphatic hydroxyl groups is 1. The highest BCUT2D eigenvalue weighted by Gasteiger charge is 2.19. The number of nitrogens with zero attached hydrogens (tertiary/aromatic N) is 2. The van der Waals surface area contributed by atoms with Gasteiger partial charge in [0.1, 0.15) is 0 Å². The van der Waals surface area contributed by atoms with E-state index in [9.17, 15) is 5.11 Å². The maximum Gasteiger partial charge on any atom is 0.0679 e. The van der Waals surface area contributed by atoms with Crippen molar-refractivity contribution < 1.29 is 5.11 Å². The van der Waals surface area contributed by atoms with Gasteiger partial charge in [-0.3, -0.25) is 4.98 Å². The van der Waals surface area contributed by atoms with Crippen molar-refractivity contribution in [3.63, 3.8) is 0 Å². The van der Waals surface area contributed by atoms with Crippen LogP contribution in [-0.2, 0) is 6.42 Å². The van der Waals surface area contributed by atoms with Crippen LogP contribution in [0.2, 0.25) is 5.02 Å². The van der Waals surface area contributed by atoms with E-state index < -0.39 is 0 Å². The SMILES string of the molecule is Cc1ncc(Cl)cc1CCN1CC[C@H](O)C1. The normalized spacial score (nSPS) is 21.6. The summed E-state index contributed by atoms with van der Waals surface area (Å²) in [6.07, 6.45) is 3.39. The monoisotopic (exact) mass is 240 g/mol. The second kappa shape index (κ2) is 5.13. The smallest absolute Gasteiger partial charge is 0.0679 e. The zero-order valence-corrected chi connectivity index (χ0v) is 10.2. The van der Waals surface area contributed by atoms with Crippen LogP contribution in [0.5, 0.6) is 0 Å². The Morgan fingerprint density at radius 3 is 3.12 bits per heavy atom. The Balaban J connectivity index is 1.91. The van der Waals surface area contributed by atoms with Crippen molar-refractivity contribution >= 4 is 11.6 Å². The van der Waals surface area contributed by atoms with Crippen molar-refractivity contribution in [3.8, 4) is 0 Å². The Morgan fingerprint density at radius 1 is 1.62 bits per heavy atom. The number of aromatic nitrogens is 1. The molecular weight excluding hydrogens is 224 g/mol. The molecule has 1 N–H and O–H groups in total. The minimum absolute atomic E-state index is 0.140. The molecule has 1 aliphatic heterocycles. The minimum atomic E-state index is -0.140. The first-order valence-electron chi connectivity index (χ1n) is 5.66. The van der Waals surface area contributed by atoms with Gasteiger partial charge in [0.15, 0.2) is 0 Å². The van der Waals surface area contributed by atoms with E-state index >= 15 is 0 Å². The summed E-state index contributed by atoms with van der Waals surface area (Å²) in [6.45, 7) is 4.77. The second-order valence-corrected chi connectivity index (χ2v) is 4.83. The molecule has 0 unspecified atom stereocenters. The average Bonchev–Trinajstić information content (AvgIpc) is 2.66. The first-order chi connectivity index (χ1) is 7.65. The number of hydrogen-bond donors (Lipinski definition) is 1. The fourth-order valence-corrected chi connectivity index (χ4v) is 2.28. The summed E-state index contributed by atoms with van der Waals surface area (Å²) in [6, 6.07) is 1.98. The predicted molar refractivity (Wildman–Crippen MR) is 64.8 cm³/mol. The van der Waals surface area contributed by atoms with E-state index in [1.54, 1.807) is 6.20 Å². The molecule has 4 heteroatoms. The zero-order chi connectivity index (χ0) is 11.5. The topological polar surface area (TPSA) is 36.4 Å².